The molecule has 1 aromatic heterocycles. The van der Waals surface area contributed by atoms with Crippen LogP contribution in [0.3, 0.4) is 0 Å². The van der Waals surface area contributed by atoms with Crippen LogP contribution in [-0.2, 0) is 13.0 Å². The fourth-order valence-corrected chi connectivity index (χ4v) is 2.54. The number of benzene rings is 1. The Morgan fingerprint density at radius 1 is 1.14 bits per heavy atom. The Hall–Kier alpha value is -2.10. The summed E-state index contributed by atoms with van der Waals surface area (Å²) in [6.07, 6.45) is 2.51. The van der Waals surface area contributed by atoms with Crippen LogP contribution in [0, 0.1) is 0 Å². The van der Waals surface area contributed by atoms with Crippen molar-refractivity contribution in [2.45, 2.75) is 33.7 Å². The second kappa shape index (κ2) is 7.07. The highest BCUT2D eigenvalue weighted by Gasteiger charge is 2.19. The minimum Gasteiger partial charge on any atom is -0.339 e. The monoisotopic (exact) mass is 285 g/mol. The number of hydrogen-bond acceptors (Lipinski definition) is 2. The Morgan fingerprint density at radius 3 is 2.38 bits per heavy atom. The van der Waals surface area contributed by atoms with Gasteiger partial charge in [-0.25, -0.2) is 0 Å². The van der Waals surface area contributed by atoms with Gasteiger partial charge in [0, 0.05) is 13.1 Å². The molecule has 0 saturated heterocycles. The van der Waals surface area contributed by atoms with E-state index in [0.717, 1.165) is 30.8 Å². The lowest BCUT2D eigenvalue weighted by molar-refractivity contribution is 0.0771. The average molecular weight is 285 g/mol. The van der Waals surface area contributed by atoms with Crippen LogP contribution in [0.25, 0.3) is 0 Å². The van der Waals surface area contributed by atoms with Gasteiger partial charge in [0.25, 0.3) is 5.91 Å². The Balaban J connectivity index is 2.28. The van der Waals surface area contributed by atoms with E-state index in [1.165, 1.54) is 5.56 Å². The van der Waals surface area contributed by atoms with E-state index in [2.05, 4.69) is 24.2 Å². The first-order valence-corrected chi connectivity index (χ1v) is 7.59. The van der Waals surface area contributed by atoms with Crippen molar-refractivity contribution in [2.24, 2.45) is 0 Å². The predicted molar refractivity (Wildman–Crippen MR) is 84.4 cm³/mol. The zero-order valence-electron chi connectivity index (χ0n) is 13.0. The summed E-state index contributed by atoms with van der Waals surface area (Å²) >= 11 is 0. The molecule has 0 saturated carbocycles. The maximum atomic E-state index is 12.5. The molecule has 0 aliphatic heterocycles. The summed E-state index contributed by atoms with van der Waals surface area (Å²) in [5.74, 6) is 0.0798. The third-order valence-corrected chi connectivity index (χ3v) is 3.74. The molecule has 4 heteroatoms. The predicted octanol–water partition coefficient (Wildman–Crippen LogP) is 2.98. The molecule has 2 rings (SSSR count). The van der Waals surface area contributed by atoms with Crippen LogP contribution in [0.4, 0.5) is 0 Å². The summed E-state index contributed by atoms with van der Waals surface area (Å²) < 4.78 is 1.94. The van der Waals surface area contributed by atoms with E-state index >= 15 is 0 Å². The lowest BCUT2D eigenvalue weighted by Gasteiger charge is -2.18. The van der Waals surface area contributed by atoms with Gasteiger partial charge >= 0.3 is 0 Å². The first-order chi connectivity index (χ1) is 10.2. The average Bonchev–Trinajstić information content (AvgIpc) is 2.92. The maximum absolute atomic E-state index is 12.5. The zero-order valence-corrected chi connectivity index (χ0v) is 13.0. The second-order valence-electron chi connectivity index (χ2n) is 4.98. The molecule has 2 aromatic rings. The second-order valence-corrected chi connectivity index (χ2v) is 4.98. The number of carbonyl (C=O) groups excluding carboxylic acids is 1. The van der Waals surface area contributed by atoms with Crippen molar-refractivity contribution < 1.29 is 4.79 Å². The van der Waals surface area contributed by atoms with Crippen LogP contribution in [0.5, 0.6) is 0 Å². The van der Waals surface area contributed by atoms with E-state index in [4.69, 9.17) is 0 Å². The van der Waals surface area contributed by atoms with Gasteiger partial charge in [-0.05, 0) is 25.8 Å². The molecule has 0 unspecified atom stereocenters. The van der Waals surface area contributed by atoms with Gasteiger partial charge in [-0.3, -0.25) is 9.48 Å². The molecule has 0 bridgehead atoms. The fourth-order valence-electron chi connectivity index (χ4n) is 2.54. The van der Waals surface area contributed by atoms with Gasteiger partial charge in [0.05, 0.1) is 24.0 Å². The number of nitrogens with zero attached hydrogens (tertiary/aromatic N) is 3. The number of carbonyl (C=O) groups is 1. The van der Waals surface area contributed by atoms with E-state index in [9.17, 15) is 4.79 Å². The molecule has 0 N–H and O–H groups in total. The molecule has 0 fully saturated rings. The van der Waals surface area contributed by atoms with E-state index in [-0.39, 0.29) is 5.91 Å². The number of rotatable bonds is 6. The molecule has 1 amide bonds. The summed E-state index contributed by atoms with van der Waals surface area (Å²) in [5.41, 5.74) is 2.94. The SMILES string of the molecule is CCc1c(C(=O)N(CC)CC)cnn1Cc1ccccc1. The summed E-state index contributed by atoms with van der Waals surface area (Å²) in [6.45, 7) is 8.22. The van der Waals surface area contributed by atoms with Gasteiger partial charge in [-0.2, -0.15) is 5.10 Å². The van der Waals surface area contributed by atoms with E-state index in [1.54, 1.807) is 6.20 Å². The largest absolute Gasteiger partial charge is 0.339 e. The Morgan fingerprint density at radius 2 is 1.81 bits per heavy atom. The Bertz CT molecular complexity index is 585. The molecule has 4 nitrogen and oxygen atoms in total. The molecule has 21 heavy (non-hydrogen) atoms. The fraction of sp³-hybridized carbons (Fsp3) is 0.412. The van der Waals surface area contributed by atoms with Gasteiger partial charge in [0.2, 0.25) is 0 Å². The normalized spacial score (nSPS) is 10.6. The van der Waals surface area contributed by atoms with Crippen molar-refractivity contribution >= 4 is 5.91 Å². The molecule has 1 heterocycles. The first-order valence-electron chi connectivity index (χ1n) is 7.59. The molecule has 0 aliphatic carbocycles. The molecule has 1 aromatic carbocycles. The lowest BCUT2D eigenvalue weighted by Crippen LogP contribution is -2.31. The minimum absolute atomic E-state index is 0.0798. The Labute approximate surface area is 126 Å². The Kier molecular flexibility index (Phi) is 5.14. The van der Waals surface area contributed by atoms with Gasteiger partial charge < -0.3 is 4.90 Å². The first kappa shape index (κ1) is 15.3. The minimum atomic E-state index is 0.0798. The quantitative estimate of drug-likeness (QED) is 0.818. The molecular weight excluding hydrogens is 262 g/mol. The summed E-state index contributed by atoms with van der Waals surface area (Å²) in [6, 6.07) is 10.2. The lowest BCUT2D eigenvalue weighted by atomic mass is 10.1. The maximum Gasteiger partial charge on any atom is 0.257 e. The highest BCUT2D eigenvalue weighted by atomic mass is 16.2. The van der Waals surface area contributed by atoms with E-state index in [1.807, 2.05) is 41.6 Å². The molecule has 0 spiro atoms. The summed E-state index contributed by atoms with van der Waals surface area (Å²) in [5, 5.41) is 4.42. The zero-order chi connectivity index (χ0) is 15.2. The van der Waals surface area contributed by atoms with Crippen LogP contribution in [0.2, 0.25) is 0 Å². The number of amides is 1. The van der Waals surface area contributed by atoms with Gasteiger partial charge in [-0.15, -0.1) is 0 Å². The van der Waals surface area contributed by atoms with Crippen molar-refractivity contribution in [1.82, 2.24) is 14.7 Å². The van der Waals surface area contributed by atoms with Crippen LogP contribution in [-0.4, -0.2) is 33.7 Å². The van der Waals surface area contributed by atoms with Crippen LogP contribution in [0.15, 0.2) is 36.5 Å². The van der Waals surface area contributed by atoms with Gasteiger partial charge in [0.1, 0.15) is 0 Å². The molecule has 0 aliphatic rings. The van der Waals surface area contributed by atoms with Gasteiger partial charge in [0.15, 0.2) is 0 Å². The molecule has 112 valence electrons. The smallest absolute Gasteiger partial charge is 0.257 e. The highest BCUT2D eigenvalue weighted by molar-refractivity contribution is 5.95. The summed E-state index contributed by atoms with van der Waals surface area (Å²) in [4.78, 5) is 14.4. The molecule has 0 atom stereocenters. The van der Waals surface area contributed by atoms with E-state index in [0.29, 0.717) is 6.54 Å². The number of hydrogen-bond donors (Lipinski definition) is 0. The molecule has 0 radical (unpaired) electrons. The van der Waals surface area contributed by atoms with Crippen molar-refractivity contribution in [3.8, 4) is 0 Å². The van der Waals surface area contributed by atoms with Crippen molar-refractivity contribution in [2.75, 3.05) is 13.1 Å². The van der Waals surface area contributed by atoms with Crippen LogP contribution >= 0.6 is 0 Å². The van der Waals surface area contributed by atoms with Crippen LogP contribution < -0.4 is 0 Å². The van der Waals surface area contributed by atoms with Crippen LogP contribution in [0.1, 0.15) is 42.4 Å². The third kappa shape index (κ3) is 3.32. The highest BCUT2D eigenvalue weighted by Crippen LogP contribution is 2.14. The van der Waals surface area contributed by atoms with E-state index < -0.39 is 0 Å². The van der Waals surface area contributed by atoms with Crippen molar-refractivity contribution in [1.29, 1.82) is 0 Å². The van der Waals surface area contributed by atoms with Crippen molar-refractivity contribution in [3.05, 3.63) is 53.3 Å². The van der Waals surface area contributed by atoms with Gasteiger partial charge in [-0.1, -0.05) is 37.3 Å². The molecular formula is C17H23N3O. The van der Waals surface area contributed by atoms with Crippen molar-refractivity contribution in [3.63, 3.8) is 0 Å². The standard InChI is InChI=1S/C17H23N3O/c1-4-16-15(17(21)19(5-2)6-3)12-18-20(16)13-14-10-8-7-9-11-14/h7-12H,4-6,13H2,1-3H3. The topological polar surface area (TPSA) is 38.1 Å². The third-order valence-electron chi connectivity index (χ3n) is 3.74. The summed E-state index contributed by atoms with van der Waals surface area (Å²) in [7, 11) is 0. The number of aromatic nitrogens is 2.